The van der Waals surface area contributed by atoms with Crippen molar-refractivity contribution < 1.29 is 28.9 Å². The molecule has 1 unspecified atom stereocenters. The molecule has 4 heterocycles. The number of β-lactam (4-membered cyclic amide) rings is 1. The van der Waals surface area contributed by atoms with Gasteiger partial charge in [-0.1, -0.05) is 10.1 Å². The molecule has 2 aromatic heterocycles. The van der Waals surface area contributed by atoms with E-state index in [4.69, 9.17) is 16.3 Å². The molecule has 2 aromatic rings. The molecule has 17 heteroatoms. The fourth-order valence-corrected chi connectivity index (χ4v) is 6.96. The van der Waals surface area contributed by atoms with Gasteiger partial charge in [-0.25, -0.2) is 9.55 Å². The molecule has 38 heavy (non-hydrogen) atoms. The van der Waals surface area contributed by atoms with E-state index >= 15 is 0 Å². The number of amides is 2. The van der Waals surface area contributed by atoms with Crippen molar-refractivity contribution in [1.82, 2.24) is 20.2 Å². The molecule has 0 bridgehead atoms. The normalized spacial score (nSPS) is 19.1. The number of aromatic nitrogens is 3. The number of carbonyl (C=O) groups is 3. The van der Waals surface area contributed by atoms with E-state index in [1.54, 1.807) is 6.07 Å². The number of thiazole rings is 1. The van der Waals surface area contributed by atoms with Gasteiger partial charge in [0, 0.05) is 16.9 Å². The molecule has 202 valence electrons. The summed E-state index contributed by atoms with van der Waals surface area (Å²) >= 11 is 3.75. The van der Waals surface area contributed by atoms with E-state index in [-0.39, 0.29) is 28.0 Å². The molecule has 2 aliphatic heterocycles. The summed E-state index contributed by atoms with van der Waals surface area (Å²) in [4.78, 5) is 54.2. The largest absolute Gasteiger partial charge is 0.543 e. The minimum Gasteiger partial charge on any atom is -0.543 e. The van der Waals surface area contributed by atoms with Gasteiger partial charge in [0.15, 0.2) is 10.8 Å². The average molecular weight is 580 g/mol. The van der Waals surface area contributed by atoms with Gasteiger partial charge in [-0.2, -0.15) is 0 Å². The monoisotopic (exact) mass is 579 g/mol. The van der Waals surface area contributed by atoms with Crippen molar-refractivity contribution in [2.45, 2.75) is 16.6 Å². The van der Waals surface area contributed by atoms with Crippen LogP contribution in [0.5, 0.6) is 0 Å². The van der Waals surface area contributed by atoms with Crippen LogP contribution in [0.25, 0.3) is 0 Å². The first-order valence-electron chi connectivity index (χ1n) is 11.0. The lowest BCUT2D eigenvalue weighted by Gasteiger charge is -2.50. The molecule has 0 radical (unpaired) electrons. The first-order chi connectivity index (χ1) is 18.0. The summed E-state index contributed by atoms with van der Waals surface area (Å²) < 4.78 is 1.84. The Morgan fingerprint density at radius 2 is 2.13 bits per heavy atom. The predicted octanol–water partition coefficient (Wildman–Crippen LogP) is -1.86. The van der Waals surface area contributed by atoms with Crippen LogP contribution in [0.1, 0.15) is 5.69 Å². The summed E-state index contributed by atoms with van der Waals surface area (Å²) in [5.74, 6) is -1.04. The Kier molecular flexibility index (Phi) is 7.98. The number of hydrogen-bond donors (Lipinski definition) is 3. The van der Waals surface area contributed by atoms with Crippen molar-refractivity contribution in [1.29, 1.82) is 0 Å². The predicted molar refractivity (Wildman–Crippen MR) is 142 cm³/mol. The molecule has 0 aromatic carbocycles. The first kappa shape index (κ1) is 27.5. The molecule has 2 atom stereocenters. The number of carboxylic acids is 1. The maximum Gasteiger partial charge on any atom is 0.301 e. The molecule has 0 aliphatic carbocycles. The van der Waals surface area contributed by atoms with Crippen LogP contribution in [0.15, 0.2) is 33.0 Å². The molecule has 2 aliphatic rings. The quantitative estimate of drug-likeness (QED) is 0.0749. The summed E-state index contributed by atoms with van der Waals surface area (Å²) in [7, 11) is 6.85. The van der Waals surface area contributed by atoms with E-state index in [0.717, 1.165) is 22.1 Å². The number of nitrogens with zero attached hydrogens (tertiary/aromatic N) is 6. The van der Waals surface area contributed by atoms with Crippen molar-refractivity contribution in [2.24, 2.45) is 12.2 Å². The Bertz CT molecular complexity index is 1360. The lowest BCUT2D eigenvalue weighted by molar-refractivity contribution is -0.700. The second kappa shape index (κ2) is 11.0. The van der Waals surface area contributed by atoms with Crippen LogP contribution in [0.4, 0.5) is 16.8 Å². The van der Waals surface area contributed by atoms with Gasteiger partial charge >= 0.3 is 5.16 Å². The molecule has 2 amide bonds. The highest BCUT2D eigenvalue weighted by Gasteiger charge is 2.53. The van der Waals surface area contributed by atoms with Gasteiger partial charge in [-0.15, -0.1) is 23.1 Å². The maximum atomic E-state index is 13.0. The molecular formula is C21H25N9O5S3. The fourth-order valence-electron chi connectivity index (χ4n) is 3.94. The molecule has 0 spiro atoms. The van der Waals surface area contributed by atoms with Crippen LogP contribution in [0.2, 0.25) is 0 Å². The summed E-state index contributed by atoms with van der Waals surface area (Å²) in [5.41, 5.74) is 12.0. The third kappa shape index (κ3) is 5.21. The van der Waals surface area contributed by atoms with Crippen LogP contribution in [-0.2, 0) is 26.3 Å². The second-order valence-electron chi connectivity index (χ2n) is 8.36. The Morgan fingerprint density at radius 1 is 1.39 bits per heavy atom. The Balaban J connectivity index is 1.52. The van der Waals surface area contributed by atoms with Crippen LogP contribution in [0.3, 0.4) is 0 Å². The number of nitrogens with two attached hydrogens (primary N) is 2. The molecule has 5 N–H and O–H groups in total. The van der Waals surface area contributed by atoms with E-state index < -0.39 is 29.2 Å². The fraction of sp³-hybridized carbons (Fsp3) is 0.381. The maximum absolute atomic E-state index is 13.0. The Labute approximate surface area is 230 Å². The van der Waals surface area contributed by atoms with Crippen LogP contribution in [0, 0.1) is 0 Å². The SMILES string of the molecule is CO/N=C(\C(=O)NC1C(=O)N2C(C(=O)[O-])=C(CSc3nc(N)cc(N(C)C)[n+]3C)CS[C@H]12)c1csc(N)n1. The molecule has 1 saturated heterocycles. The van der Waals surface area contributed by atoms with Gasteiger partial charge in [0.1, 0.15) is 24.2 Å². The van der Waals surface area contributed by atoms with E-state index in [0.29, 0.717) is 22.3 Å². The van der Waals surface area contributed by atoms with Gasteiger partial charge < -0.3 is 31.5 Å². The first-order valence-corrected chi connectivity index (χ1v) is 13.9. The number of oxime groups is 1. The zero-order valence-corrected chi connectivity index (χ0v) is 23.3. The van der Waals surface area contributed by atoms with E-state index in [9.17, 15) is 19.5 Å². The number of carboxylic acid groups (broad SMARTS) is 1. The van der Waals surface area contributed by atoms with Gasteiger partial charge in [-0.05, 0) is 17.3 Å². The van der Waals surface area contributed by atoms with E-state index in [1.165, 1.54) is 36.0 Å². The van der Waals surface area contributed by atoms with Gasteiger partial charge in [-0.3, -0.25) is 19.4 Å². The summed E-state index contributed by atoms with van der Waals surface area (Å²) in [6, 6.07) is 0.765. The number of rotatable bonds is 9. The van der Waals surface area contributed by atoms with Gasteiger partial charge in [0.2, 0.25) is 11.6 Å². The number of anilines is 3. The number of hydrogen-bond acceptors (Lipinski definition) is 14. The van der Waals surface area contributed by atoms with Crippen molar-refractivity contribution in [3.05, 3.63) is 28.4 Å². The zero-order chi connectivity index (χ0) is 27.7. The molecule has 0 saturated carbocycles. The van der Waals surface area contributed by atoms with E-state index in [2.05, 4.69) is 20.4 Å². The number of carbonyl (C=O) groups excluding carboxylic acids is 3. The average Bonchev–Trinajstić information content (AvgIpc) is 3.30. The van der Waals surface area contributed by atoms with Gasteiger partial charge in [0.25, 0.3) is 11.8 Å². The Hall–Kier alpha value is -3.57. The number of thioether (sulfide) groups is 2. The summed E-state index contributed by atoms with van der Waals surface area (Å²) in [6.45, 7) is 0. The van der Waals surface area contributed by atoms with Crippen molar-refractivity contribution in [2.75, 3.05) is 49.1 Å². The minimum atomic E-state index is -1.47. The minimum absolute atomic E-state index is 0.153. The highest BCUT2D eigenvalue weighted by atomic mass is 32.2. The number of aliphatic carboxylic acids is 1. The summed E-state index contributed by atoms with van der Waals surface area (Å²) in [6.07, 6.45) is 0. The third-order valence-corrected chi connectivity index (χ3v) is 8.79. The molecular weight excluding hydrogens is 554 g/mol. The van der Waals surface area contributed by atoms with Crippen LogP contribution in [-0.4, -0.2) is 82.5 Å². The van der Waals surface area contributed by atoms with Crippen LogP contribution < -0.4 is 31.4 Å². The topological polar surface area (TPSA) is 196 Å². The highest BCUT2D eigenvalue weighted by molar-refractivity contribution is 8.01. The molecule has 14 nitrogen and oxygen atoms in total. The lowest BCUT2D eigenvalue weighted by atomic mass is 10.0. The number of nitrogen functional groups attached to an aromatic ring is 2. The molecule has 4 rings (SSSR count). The number of nitrogens with one attached hydrogen (secondary N) is 1. The van der Waals surface area contributed by atoms with E-state index in [1.807, 2.05) is 30.6 Å². The summed E-state index contributed by atoms with van der Waals surface area (Å²) in [5, 5.41) is 20.2. The van der Waals surface area contributed by atoms with Crippen molar-refractivity contribution in [3.8, 4) is 0 Å². The number of fused-ring (bicyclic) bond motifs is 1. The molecule has 1 fully saturated rings. The second-order valence-corrected chi connectivity index (χ2v) is 11.3. The van der Waals surface area contributed by atoms with Crippen LogP contribution >= 0.6 is 34.9 Å². The Morgan fingerprint density at radius 3 is 2.74 bits per heavy atom. The standard InChI is InChI=1S/C21H25N9O5S3/c1-28(2)12-5-11(22)25-21(29(12)3)38-7-9-6-36-18-14(17(32)30(18)15(9)19(33)34)26-16(31)13(27-35-4)10-8-37-20(23)24-10/h5,8,14,18,22H,6-7H2,1-4H3,(H4,23,24,26,31,33,34)/b27-13-/t14?,18-/m1/s1. The smallest absolute Gasteiger partial charge is 0.301 e. The zero-order valence-electron chi connectivity index (χ0n) is 20.8. The van der Waals surface area contributed by atoms with Crippen molar-refractivity contribution in [3.63, 3.8) is 0 Å². The third-order valence-electron chi connectivity index (χ3n) is 5.66. The highest BCUT2D eigenvalue weighted by Crippen LogP contribution is 2.41. The van der Waals surface area contributed by atoms with Crippen molar-refractivity contribution >= 4 is 75.1 Å². The van der Waals surface area contributed by atoms with Gasteiger partial charge in [0.05, 0.1) is 38.9 Å². The lowest BCUT2D eigenvalue weighted by Crippen LogP contribution is -2.71.